The maximum absolute atomic E-state index is 11.8. The molecular formula is C16H19N3O2. The van der Waals surface area contributed by atoms with Crippen LogP contribution in [0.25, 0.3) is 0 Å². The maximum atomic E-state index is 11.8. The van der Waals surface area contributed by atoms with E-state index in [1.165, 1.54) is 0 Å². The number of anilines is 1. The van der Waals surface area contributed by atoms with E-state index in [0.29, 0.717) is 24.5 Å². The summed E-state index contributed by atoms with van der Waals surface area (Å²) in [6.07, 6.45) is 1.66. The van der Waals surface area contributed by atoms with Crippen molar-refractivity contribution in [3.63, 3.8) is 0 Å². The van der Waals surface area contributed by atoms with Gasteiger partial charge in [-0.1, -0.05) is 24.3 Å². The van der Waals surface area contributed by atoms with Crippen LogP contribution in [0.5, 0.6) is 0 Å². The normalized spacial score (nSPS) is 10.2. The number of nitrogens with one attached hydrogen (secondary N) is 2. The van der Waals surface area contributed by atoms with Crippen LogP contribution in [0.15, 0.2) is 42.6 Å². The molecule has 2 aromatic rings. The molecule has 1 amide bonds. The summed E-state index contributed by atoms with van der Waals surface area (Å²) in [5.41, 5.74) is 2.76. The van der Waals surface area contributed by atoms with Gasteiger partial charge in [0.25, 0.3) is 5.91 Å². The minimum atomic E-state index is -0.154. The minimum absolute atomic E-state index is 0.154. The highest BCUT2D eigenvalue weighted by atomic mass is 16.5. The summed E-state index contributed by atoms with van der Waals surface area (Å²) in [5, 5.41) is 5.81. The second-order valence-corrected chi connectivity index (χ2v) is 4.59. The van der Waals surface area contributed by atoms with Crippen LogP contribution in [0, 0.1) is 0 Å². The number of ether oxygens (including phenoxy) is 1. The molecule has 2 N–H and O–H groups in total. The number of hydrogen-bond donors (Lipinski definition) is 2. The van der Waals surface area contributed by atoms with E-state index in [0.717, 1.165) is 11.1 Å². The zero-order valence-corrected chi connectivity index (χ0v) is 12.2. The molecule has 5 heteroatoms. The van der Waals surface area contributed by atoms with Crippen molar-refractivity contribution < 1.29 is 9.53 Å². The van der Waals surface area contributed by atoms with E-state index in [1.54, 1.807) is 32.5 Å². The first-order chi connectivity index (χ1) is 10.2. The number of carbonyl (C=O) groups excluding carboxylic acids is 1. The Morgan fingerprint density at radius 3 is 2.81 bits per heavy atom. The summed E-state index contributed by atoms with van der Waals surface area (Å²) in [6, 6.07) is 11.6. The van der Waals surface area contributed by atoms with Gasteiger partial charge in [0.05, 0.1) is 12.2 Å². The fraction of sp³-hybridized carbons (Fsp3) is 0.250. The molecule has 2 rings (SSSR count). The van der Waals surface area contributed by atoms with Gasteiger partial charge in [-0.15, -0.1) is 0 Å². The number of pyridine rings is 1. The summed E-state index contributed by atoms with van der Waals surface area (Å²) in [5.74, 6) is 0.424. The Kier molecular flexibility index (Phi) is 5.29. The second kappa shape index (κ2) is 7.40. The topological polar surface area (TPSA) is 63.2 Å². The Bertz CT molecular complexity index is 614. The summed E-state index contributed by atoms with van der Waals surface area (Å²) in [6.45, 7) is 1.18. The summed E-state index contributed by atoms with van der Waals surface area (Å²) in [4.78, 5) is 16.0. The maximum Gasteiger partial charge on any atom is 0.254 e. The van der Waals surface area contributed by atoms with Crippen molar-refractivity contribution >= 4 is 11.7 Å². The van der Waals surface area contributed by atoms with Gasteiger partial charge in [0, 0.05) is 26.9 Å². The fourth-order valence-electron chi connectivity index (χ4n) is 2.05. The molecule has 0 aliphatic rings. The van der Waals surface area contributed by atoms with Gasteiger partial charge in [-0.25, -0.2) is 4.98 Å². The first-order valence-corrected chi connectivity index (χ1v) is 6.72. The van der Waals surface area contributed by atoms with Gasteiger partial charge in [0.15, 0.2) is 0 Å². The predicted molar refractivity (Wildman–Crippen MR) is 82.1 cm³/mol. The van der Waals surface area contributed by atoms with E-state index in [4.69, 9.17) is 4.74 Å². The number of benzene rings is 1. The molecule has 0 unspecified atom stereocenters. The van der Waals surface area contributed by atoms with Crippen LogP contribution in [0.2, 0.25) is 0 Å². The molecule has 1 aromatic heterocycles. The molecule has 0 saturated heterocycles. The van der Waals surface area contributed by atoms with Crippen LogP contribution in [0.3, 0.4) is 0 Å². The van der Waals surface area contributed by atoms with Crippen molar-refractivity contribution in [1.29, 1.82) is 0 Å². The molecule has 0 fully saturated rings. The second-order valence-electron chi connectivity index (χ2n) is 4.59. The third-order valence-electron chi connectivity index (χ3n) is 3.04. The van der Waals surface area contributed by atoms with Crippen LogP contribution in [-0.4, -0.2) is 25.0 Å². The van der Waals surface area contributed by atoms with E-state index in [2.05, 4.69) is 21.7 Å². The van der Waals surface area contributed by atoms with Gasteiger partial charge >= 0.3 is 0 Å². The number of aromatic nitrogens is 1. The average molecular weight is 285 g/mol. The van der Waals surface area contributed by atoms with E-state index < -0.39 is 0 Å². The predicted octanol–water partition coefficient (Wildman–Crippen LogP) is 2.20. The molecule has 0 bridgehead atoms. The van der Waals surface area contributed by atoms with Gasteiger partial charge < -0.3 is 15.4 Å². The highest BCUT2D eigenvalue weighted by Crippen LogP contribution is 2.13. The third-order valence-corrected chi connectivity index (χ3v) is 3.04. The van der Waals surface area contributed by atoms with Gasteiger partial charge in [0.2, 0.25) is 0 Å². The average Bonchev–Trinajstić information content (AvgIpc) is 2.53. The Balaban J connectivity index is 2.09. The Labute approximate surface area is 124 Å². The molecule has 21 heavy (non-hydrogen) atoms. The quantitative estimate of drug-likeness (QED) is 0.854. The fourth-order valence-corrected chi connectivity index (χ4v) is 2.05. The zero-order chi connectivity index (χ0) is 15.1. The summed E-state index contributed by atoms with van der Waals surface area (Å²) >= 11 is 0. The van der Waals surface area contributed by atoms with Gasteiger partial charge in [-0.05, 0) is 23.3 Å². The lowest BCUT2D eigenvalue weighted by molar-refractivity contribution is 0.0963. The van der Waals surface area contributed by atoms with E-state index in [9.17, 15) is 4.79 Å². The van der Waals surface area contributed by atoms with Crippen molar-refractivity contribution in [3.8, 4) is 0 Å². The largest absolute Gasteiger partial charge is 0.380 e. The van der Waals surface area contributed by atoms with Crippen molar-refractivity contribution in [2.45, 2.75) is 13.2 Å². The van der Waals surface area contributed by atoms with Crippen LogP contribution < -0.4 is 10.6 Å². The van der Waals surface area contributed by atoms with E-state index in [1.807, 2.05) is 18.2 Å². The number of hydrogen-bond acceptors (Lipinski definition) is 4. The first kappa shape index (κ1) is 15.0. The lowest BCUT2D eigenvalue weighted by Crippen LogP contribution is -2.20. The summed E-state index contributed by atoms with van der Waals surface area (Å²) in [7, 11) is 3.28. The van der Waals surface area contributed by atoms with Crippen LogP contribution in [0.4, 0.5) is 5.82 Å². The van der Waals surface area contributed by atoms with Crippen LogP contribution in [-0.2, 0) is 17.9 Å². The molecule has 0 aliphatic carbocycles. The molecule has 1 aromatic carbocycles. The van der Waals surface area contributed by atoms with Gasteiger partial charge in [-0.3, -0.25) is 4.79 Å². The molecule has 0 spiro atoms. The Morgan fingerprint density at radius 1 is 1.24 bits per heavy atom. The highest BCUT2D eigenvalue weighted by molar-refractivity contribution is 5.98. The van der Waals surface area contributed by atoms with E-state index in [-0.39, 0.29) is 5.91 Å². The lowest BCUT2D eigenvalue weighted by atomic mass is 10.1. The molecule has 1 heterocycles. The monoisotopic (exact) mass is 285 g/mol. The molecule has 0 saturated carbocycles. The summed E-state index contributed by atoms with van der Waals surface area (Å²) < 4.78 is 5.13. The number of amides is 1. The number of methoxy groups -OCH3 is 1. The van der Waals surface area contributed by atoms with Crippen molar-refractivity contribution in [1.82, 2.24) is 10.3 Å². The number of rotatable bonds is 6. The van der Waals surface area contributed by atoms with Crippen LogP contribution in [0.1, 0.15) is 21.5 Å². The Hall–Kier alpha value is -2.40. The third kappa shape index (κ3) is 4.03. The SMILES string of the molecule is CNC(=O)c1cccnc1NCc1cccc(COC)c1. The van der Waals surface area contributed by atoms with Crippen molar-refractivity contribution in [3.05, 3.63) is 59.3 Å². The van der Waals surface area contributed by atoms with E-state index >= 15 is 0 Å². The molecular weight excluding hydrogens is 266 g/mol. The highest BCUT2D eigenvalue weighted by Gasteiger charge is 2.10. The first-order valence-electron chi connectivity index (χ1n) is 6.72. The number of nitrogens with zero attached hydrogens (tertiary/aromatic N) is 1. The number of carbonyl (C=O) groups is 1. The Morgan fingerprint density at radius 2 is 2.05 bits per heavy atom. The van der Waals surface area contributed by atoms with Gasteiger partial charge in [-0.2, -0.15) is 0 Å². The van der Waals surface area contributed by atoms with Crippen LogP contribution >= 0.6 is 0 Å². The van der Waals surface area contributed by atoms with Crippen molar-refractivity contribution in [2.24, 2.45) is 0 Å². The molecule has 110 valence electrons. The molecule has 0 aliphatic heterocycles. The molecule has 0 radical (unpaired) electrons. The molecule has 0 atom stereocenters. The standard InChI is InChI=1S/C16H19N3O2/c1-17-16(20)14-7-4-8-18-15(14)19-10-12-5-3-6-13(9-12)11-21-2/h3-9H,10-11H2,1-2H3,(H,17,20)(H,18,19). The zero-order valence-electron chi connectivity index (χ0n) is 12.2. The van der Waals surface area contributed by atoms with Gasteiger partial charge in [0.1, 0.15) is 5.82 Å². The van der Waals surface area contributed by atoms with Crippen molar-refractivity contribution in [2.75, 3.05) is 19.5 Å². The smallest absolute Gasteiger partial charge is 0.254 e. The minimum Gasteiger partial charge on any atom is -0.380 e. The lowest BCUT2D eigenvalue weighted by Gasteiger charge is -2.10. The molecule has 5 nitrogen and oxygen atoms in total.